The number of hydrogen-bond donors (Lipinski definition) is 2. The van der Waals surface area contributed by atoms with Crippen LogP contribution in [0.1, 0.15) is 59.3 Å². The lowest BCUT2D eigenvalue weighted by molar-refractivity contribution is -0.141. The van der Waals surface area contributed by atoms with Crippen LogP contribution in [0.25, 0.3) is 0 Å². The first-order chi connectivity index (χ1) is 10.9. The molecule has 2 saturated carbocycles. The summed E-state index contributed by atoms with van der Waals surface area (Å²) in [6, 6.07) is -0.0154. The summed E-state index contributed by atoms with van der Waals surface area (Å²) >= 11 is 0. The summed E-state index contributed by atoms with van der Waals surface area (Å²) in [6.07, 6.45) is 5.55. The van der Waals surface area contributed by atoms with Crippen molar-refractivity contribution < 1.29 is 19.4 Å². The third-order valence-corrected chi connectivity index (χ3v) is 5.54. The summed E-state index contributed by atoms with van der Waals surface area (Å²) in [5.41, 5.74) is 0. The lowest BCUT2D eigenvalue weighted by Gasteiger charge is -2.37. The minimum atomic E-state index is -0.756. The third kappa shape index (κ3) is 5.20. The molecule has 132 valence electrons. The SMILES string of the molecule is CC1CCC(C(C)C)C(OCC(=O)N[C@H]2CC[C@@H](C(=O)O)C2)C1. The monoisotopic (exact) mass is 325 g/mol. The van der Waals surface area contributed by atoms with Crippen molar-refractivity contribution in [3.63, 3.8) is 0 Å². The normalized spacial score (nSPS) is 34.5. The zero-order chi connectivity index (χ0) is 17.0. The molecule has 3 unspecified atom stereocenters. The second-order valence-electron chi connectivity index (χ2n) is 7.79. The maximum absolute atomic E-state index is 12.1. The van der Waals surface area contributed by atoms with Gasteiger partial charge >= 0.3 is 5.97 Å². The molecule has 0 aliphatic heterocycles. The van der Waals surface area contributed by atoms with Crippen LogP contribution in [0.5, 0.6) is 0 Å². The van der Waals surface area contributed by atoms with Gasteiger partial charge in [0.25, 0.3) is 0 Å². The molecule has 5 heteroatoms. The van der Waals surface area contributed by atoms with Gasteiger partial charge in [0.1, 0.15) is 6.61 Å². The highest BCUT2D eigenvalue weighted by Gasteiger charge is 2.33. The molecule has 2 fully saturated rings. The van der Waals surface area contributed by atoms with E-state index in [1.807, 2.05) is 0 Å². The van der Waals surface area contributed by atoms with Crippen LogP contribution in [-0.4, -0.2) is 35.7 Å². The van der Waals surface area contributed by atoms with Crippen LogP contribution in [0.2, 0.25) is 0 Å². The number of ether oxygens (including phenoxy) is 1. The quantitative estimate of drug-likeness (QED) is 0.787. The number of carbonyl (C=O) groups is 2. The molecule has 5 atom stereocenters. The zero-order valence-electron chi connectivity index (χ0n) is 14.6. The van der Waals surface area contributed by atoms with E-state index in [0.29, 0.717) is 30.6 Å². The molecule has 0 bridgehead atoms. The van der Waals surface area contributed by atoms with Gasteiger partial charge in [0.05, 0.1) is 12.0 Å². The van der Waals surface area contributed by atoms with E-state index in [1.165, 1.54) is 12.8 Å². The number of hydrogen-bond acceptors (Lipinski definition) is 3. The standard InChI is InChI=1S/C18H31NO4/c1-11(2)15-7-4-12(3)8-16(15)23-10-17(20)19-14-6-5-13(9-14)18(21)22/h11-16H,4-10H2,1-3H3,(H,19,20)(H,21,22)/t12?,13-,14+,15?,16?/m1/s1. The Bertz CT molecular complexity index is 423. The van der Waals surface area contributed by atoms with Crippen molar-refractivity contribution in [3.05, 3.63) is 0 Å². The van der Waals surface area contributed by atoms with E-state index >= 15 is 0 Å². The topological polar surface area (TPSA) is 75.6 Å². The van der Waals surface area contributed by atoms with Crippen LogP contribution in [0.4, 0.5) is 0 Å². The van der Waals surface area contributed by atoms with Crippen LogP contribution < -0.4 is 5.32 Å². The molecule has 2 aliphatic rings. The maximum Gasteiger partial charge on any atom is 0.306 e. The molecular formula is C18H31NO4. The van der Waals surface area contributed by atoms with Crippen molar-refractivity contribution in [2.45, 2.75) is 71.4 Å². The summed E-state index contributed by atoms with van der Waals surface area (Å²) in [5, 5.41) is 11.9. The van der Waals surface area contributed by atoms with Crippen molar-refractivity contribution in [1.29, 1.82) is 0 Å². The van der Waals surface area contributed by atoms with Gasteiger partial charge in [-0.1, -0.05) is 27.2 Å². The summed E-state index contributed by atoms with van der Waals surface area (Å²) < 4.78 is 5.95. The van der Waals surface area contributed by atoms with Crippen molar-refractivity contribution in [1.82, 2.24) is 5.32 Å². The lowest BCUT2D eigenvalue weighted by atomic mass is 9.75. The van der Waals surface area contributed by atoms with Crippen LogP contribution >= 0.6 is 0 Å². The highest BCUT2D eigenvalue weighted by molar-refractivity contribution is 5.78. The molecule has 5 nitrogen and oxygen atoms in total. The van der Waals surface area contributed by atoms with Crippen LogP contribution in [0.15, 0.2) is 0 Å². The lowest BCUT2D eigenvalue weighted by Crippen LogP contribution is -2.40. The first-order valence-electron chi connectivity index (χ1n) is 9.00. The molecule has 1 amide bonds. The van der Waals surface area contributed by atoms with Gasteiger partial charge in [0.15, 0.2) is 0 Å². The smallest absolute Gasteiger partial charge is 0.306 e. The molecule has 0 saturated heterocycles. The van der Waals surface area contributed by atoms with E-state index in [0.717, 1.165) is 12.8 Å². The molecule has 0 radical (unpaired) electrons. The summed E-state index contributed by atoms with van der Waals surface area (Å²) in [7, 11) is 0. The number of rotatable bonds is 6. The number of amides is 1. The van der Waals surface area contributed by atoms with Crippen molar-refractivity contribution >= 4 is 11.9 Å². The predicted octanol–water partition coefficient (Wildman–Crippen LogP) is 2.83. The summed E-state index contributed by atoms with van der Waals surface area (Å²) in [4.78, 5) is 23.1. The molecule has 0 spiro atoms. The van der Waals surface area contributed by atoms with Gasteiger partial charge in [-0.2, -0.15) is 0 Å². The fourth-order valence-corrected chi connectivity index (χ4v) is 4.10. The number of carboxylic acids is 1. The minimum Gasteiger partial charge on any atom is -0.481 e. The first-order valence-corrected chi connectivity index (χ1v) is 9.00. The molecule has 2 aliphatic carbocycles. The van der Waals surface area contributed by atoms with Gasteiger partial charge in [-0.25, -0.2) is 0 Å². The molecule has 2 N–H and O–H groups in total. The predicted molar refractivity (Wildman–Crippen MR) is 88.0 cm³/mol. The molecule has 2 rings (SSSR count). The van der Waals surface area contributed by atoms with Crippen molar-refractivity contribution in [3.8, 4) is 0 Å². The van der Waals surface area contributed by atoms with E-state index in [1.54, 1.807) is 0 Å². The molecule has 0 aromatic heterocycles. The fraction of sp³-hybridized carbons (Fsp3) is 0.889. The Balaban J connectivity index is 1.76. The second kappa shape index (κ2) is 8.13. The number of carboxylic acid groups (broad SMARTS) is 1. The highest BCUT2D eigenvalue weighted by atomic mass is 16.5. The Morgan fingerprint density at radius 2 is 1.91 bits per heavy atom. The maximum atomic E-state index is 12.1. The summed E-state index contributed by atoms with van der Waals surface area (Å²) in [5.74, 6) is 0.578. The summed E-state index contributed by atoms with van der Waals surface area (Å²) in [6.45, 7) is 6.79. The Morgan fingerprint density at radius 1 is 1.17 bits per heavy atom. The van der Waals surface area contributed by atoms with E-state index in [2.05, 4.69) is 26.1 Å². The number of carbonyl (C=O) groups excluding carboxylic acids is 1. The van der Waals surface area contributed by atoms with Crippen LogP contribution in [0.3, 0.4) is 0 Å². The van der Waals surface area contributed by atoms with Crippen molar-refractivity contribution in [2.24, 2.45) is 23.7 Å². The average molecular weight is 325 g/mol. The Labute approximate surface area is 139 Å². The highest BCUT2D eigenvalue weighted by Crippen LogP contribution is 2.35. The zero-order valence-corrected chi connectivity index (χ0v) is 14.6. The van der Waals surface area contributed by atoms with Gasteiger partial charge in [-0.15, -0.1) is 0 Å². The molecular weight excluding hydrogens is 294 g/mol. The second-order valence-corrected chi connectivity index (χ2v) is 7.79. The fourth-order valence-electron chi connectivity index (χ4n) is 4.10. The Morgan fingerprint density at radius 3 is 2.52 bits per heavy atom. The molecule has 23 heavy (non-hydrogen) atoms. The molecule has 0 aromatic rings. The van der Waals surface area contributed by atoms with E-state index in [-0.39, 0.29) is 30.6 Å². The van der Waals surface area contributed by atoms with Gasteiger partial charge in [0, 0.05) is 6.04 Å². The molecule has 0 aromatic carbocycles. The minimum absolute atomic E-state index is 0.0154. The van der Waals surface area contributed by atoms with Crippen LogP contribution in [-0.2, 0) is 14.3 Å². The number of aliphatic carboxylic acids is 1. The largest absolute Gasteiger partial charge is 0.481 e. The van der Waals surface area contributed by atoms with Gasteiger partial charge in [-0.3, -0.25) is 9.59 Å². The first kappa shape index (κ1) is 18.2. The van der Waals surface area contributed by atoms with Crippen LogP contribution in [0, 0.1) is 23.7 Å². The van der Waals surface area contributed by atoms with E-state index < -0.39 is 5.97 Å². The van der Waals surface area contributed by atoms with Crippen molar-refractivity contribution in [2.75, 3.05) is 6.61 Å². The van der Waals surface area contributed by atoms with Gasteiger partial charge in [-0.05, 0) is 49.9 Å². The van der Waals surface area contributed by atoms with E-state index in [4.69, 9.17) is 9.84 Å². The average Bonchev–Trinajstić information content (AvgIpc) is 2.93. The molecule has 0 heterocycles. The number of nitrogens with one attached hydrogen (secondary N) is 1. The third-order valence-electron chi connectivity index (χ3n) is 5.54. The van der Waals surface area contributed by atoms with E-state index in [9.17, 15) is 9.59 Å². The van der Waals surface area contributed by atoms with Gasteiger partial charge in [0.2, 0.25) is 5.91 Å². The Kier molecular flexibility index (Phi) is 6.45. The van der Waals surface area contributed by atoms with Gasteiger partial charge < -0.3 is 15.2 Å². The Hall–Kier alpha value is -1.10.